The molecule has 7 aromatic carbocycles. The predicted octanol–water partition coefficient (Wildman–Crippen LogP) is 11.9. The van der Waals surface area contributed by atoms with Crippen molar-refractivity contribution in [3.63, 3.8) is 0 Å². The highest BCUT2D eigenvalue weighted by atomic mass is 32.1. The zero-order valence-corrected chi connectivity index (χ0v) is 29.0. The number of rotatable bonds is 4. The molecule has 11 rings (SSSR count). The summed E-state index contributed by atoms with van der Waals surface area (Å²) in [6.45, 7) is 0. The van der Waals surface area contributed by atoms with Gasteiger partial charge in [0.05, 0.1) is 16.7 Å². The molecular formula is C45H30N4S2. The lowest BCUT2D eigenvalue weighted by Crippen LogP contribution is -2.44. The van der Waals surface area contributed by atoms with Crippen molar-refractivity contribution in [3.8, 4) is 5.69 Å². The van der Waals surface area contributed by atoms with Crippen LogP contribution in [0.4, 0.5) is 0 Å². The first-order chi connectivity index (χ1) is 25.3. The van der Waals surface area contributed by atoms with Crippen LogP contribution in [0.25, 0.3) is 67.8 Å². The first-order valence-electron chi connectivity index (χ1n) is 17.3. The van der Waals surface area contributed by atoms with Gasteiger partial charge >= 0.3 is 0 Å². The second kappa shape index (κ2) is 11.4. The van der Waals surface area contributed by atoms with E-state index in [2.05, 4.69) is 167 Å². The Hall–Kier alpha value is -5.79. The van der Waals surface area contributed by atoms with Crippen LogP contribution in [0.2, 0.25) is 0 Å². The molecule has 6 heteroatoms. The molecule has 51 heavy (non-hydrogen) atoms. The summed E-state index contributed by atoms with van der Waals surface area (Å²) in [5, 5.41) is 15.2. The van der Waals surface area contributed by atoms with E-state index < -0.39 is 0 Å². The van der Waals surface area contributed by atoms with Crippen LogP contribution in [0.1, 0.15) is 29.0 Å². The third-order valence-corrected chi connectivity index (χ3v) is 12.5. The Bertz CT molecular complexity index is 2940. The Balaban J connectivity index is 1.06. The molecule has 2 N–H and O–H groups in total. The average Bonchev–Trinajstić information content (AvgIpc) is 3.86. The summed E-state index contributed by atoms with van der Waals surface area (Å²) >= 11 is 3.76. The second-order valence-corrected chi connectivity index (χ2v) is 15.4. The van der Waals surface area contributed by atoms with Crippen LogP contribution in [-0.4, -0.2) is 10.4 Å². The molecule has 0 bridgehead atoms. The summed E-state index contributed by atoms with van der Waals surface area (Å²) in [6.07, 6.45) is -0.256. The van der Waals surface area contributed by atoms with Crippen molar-refractivity contribution in [2.45, 2.75) is 12.3 Å². The maximum absolute atomic E-state index is 5.21. The van der Waals surface area contributed by atoms with E-state index in [1.165, 1.54) is 73.4 Å². The Morgan fingerprint density at radius 1 is 0.490 bits per heavy atom. The minimum atomic E-state index is -0.192. The van der Waals surface area contributed by atoms with Gasteiger partial charge in [-0.25, -0.2) is 4.99 Å². The monoisotopic (exact) mass is 690 g/mol. The van der Waals surface area contributed by atoms with Crippen LogP contribution in [0.15, 0.2) is 163 Å². The van der Waals surface area contributed by atoms with Crippen LogP contribution in [0.3, 0.4) is 0 Å². The van der Waals surface area contributed by atoms with Crippen LogP contribution >= 0.6 is 22.7 Å². The van der Waals surface area contributed by atoms with Gasteiger partial charge in [-0.3, -0.25) is 5.32 Å². The number of nitrogens with one attached hydrogen (secondary N) is 2. The largest absolute Gasteiger partial charge is 0.350 e. The lowest BCUT2D eigenvalue weighted by molar-refractivity contribution is 0.409. The summed E-state index contributed by atoms with van der Waals surface area (Å²) in [6, 6.07) is 57.0. The highest BCUT2D eigenvalue weighted by Gasteiger charge is 2.26. The summed E-state index contributed by atoms with van der Waals surface area (Å²) in [4.78, 5) is 5.21. The number of fused-ring (bicyclic) bond motifs is 9. The molecule has 1 aliphatic heterocycles. The number of para-hydroxylation sites is 2. The molecule has 0 fully saturated rings. The molecule has 2 atom stereocenters. The lowest BCUT2D eigenvalue weighted by Gasteiger charge is -2.32. The van der Waals surface area contributed by atoms with Gasteiger partial charge in [0.1, 0.15) is 18.2 Å². The Labute approximate surface area is 301 Å². The summed E-state index contributed by atoms with van der Waals surface area (Å²) in [5.41, 5.74) is 7.13. The minimum absolute atomic E-state index is 0.0641. The van der Waals surface area contributed by atoms with E-state index >= 15 is 0 Å². The van der Waals surface area contributed by atoms with E-state index in [4.69, 9.17) is 4.99 Å². The lowest BCUT2D eigenvalue weighted by atomic mass is 10.0. The third kappa shape index (κ3) is 4.58. The molecule has 0 spiro atoms. The fraction of sp³-hybridized carbons (Fsp3) is 0.0444. The van der Waals surface area contributed by atoms with Crippen molar-refractivity contribution < 1.29 is 0 Å². The highest BCUT2D eigenvalue weighted by molar-refractivity contribution is 7.27. The van der Waals surface area contributed by atoms with Crippen LogP contribution in [-0.2, 0) is 0 Å². The van der Waals surface area contributed by atoms with Gasteiger partial charge in [-0.05, 0) is 53.6 Å². The van der Waals surface area contributed by atoms with E-state index in [9.17, 15) is 0 Å². The smallest absolute Gasteiger partial charge is 0.131 e. The van der Waals surface area contributed by atoms with Crippen LogP contribution in [0, 0.1) is 0 Å². The van der Waals surface area contributed by atoms with E-state index in [-0.39, 0.29) is 12.3 Å². The third-order valence-electron chi connectivity index (χ3n) is 10.3. The van der Waals surface area contributed by atoms with E-state index in [1.807, 2.05) is 28.7 Å². The van der Waals surface area contributed by atoms with Gasteiger partial charge in [-0.15, -0.1) is 22.7 Å². The Morgan fingerprint density at radius 3 is 1.92 bits per heavy atom. The summed E-state index contributed by atoms with van der Waals surface area (Å²) in [7, 11) is 0. The van der Waals surface area contributed by atoms with E-state index in [1.54, 1.807) is 0 Å². The van der Waals surface area contributed by atoms with Gasteiger partial charge in [0.25, 0.3) is 0 Å². The number of nitrogens with zero attached hydrogens (tertiary/aromatic N) is 2. The minimum Gasteiger partial charge on any atom is -0.350 e. The number of amidine groups is 1. The van der Waals surface area contributed by atoms with Crippen molar-refractivity contribution in [2.24, 2.45) is 4.99 Å². The van der Waals surface area contributed by atoms with Crippen LogP contribution in [0.5, 0.6) is 0 Å². The molecule has 3 aromatic heterocycles. The van der Waals surface area contributed by atoms with Gasteiger partial charge in [-0.2, -0.15) is 0 Å². The zero-order chi connectivity index (χ0) is 33.5. The molecule has 10 aromatic rings. The Morgan fingerprint density at radius 2 is 1.14 bits per heavy atom. The molecule has 4 heterocycles. The molecule has 0 aliphatic carbocycles. The van der Waals surface area contributed by atoms with Crippen LogP contribution < -0.4 is 10.6 Å². The van der Waals surface area contributed by atoms with Gasteiger partial charge < -0.3 is 9.88 Å². The number of hydrogen-bond acceptors (Lipinski definition) is 5. The molecule has 242 valence electrons. The first kappa shape index (κ1) is 29.0. The number of hydrogen-bond donors (Lipinski definition) is 2. The number of thiophene rings is 2. The van der Waals surface area contributed by atoms with Crippen molar-refractivity contribution in [3.05, 3.63) is 174 Å². The quantitative estimate of drug-likeness (QED) is 0.193. The number of aliphatic imine (C=N–C) groups is 1. The SMILES string of the molecule is c1ccc(C2=NC(c3ccc4c(c3)sc3cc5c(cc34)sc3cccc(-n4c6ccccc6c6ccccc64)c35)NC(c3ccccc3)N2)cc1. The number of aromatic nitrogens is 1. The van der Waals surface area contributed by atoms with E-state index in [0.29, 0.717) is 0 Å². The molecule has 2 unspecified atom stereocenters. The van der Waals surface area contributed by atoms with Gasteiger partial charge in [0, 0.05) is 56.7 Å². The maximum atomic E-state index is 5.21. The molecule has 0 radical (unpaired) electrons. The highest BCUT2D eigenvalue weighted by Crippen LogP contribution is 2.45. The predicted molar refractivity (Wildman–Crippen MR) is 218 cm³/mol. The zero-order valence-electron chi connectivity index (χ0n) is 27.4. The number of benzene rings is 7. The van der Waals surface area contributed by atoms with Crippen molar-refractivity contribution in [1.82, 2.24) is 15.2 Å². The molecule has 0 saturated carbocycles. The molecule has 0 saturated heterocycles. The topological polar surface area (TPSA) is 41.4 Å². The maximum Gasteiger partial charge on any atom is 0.131 e. The summed E-state index contributed by atoms with van der Waals surface area (Å²) < 4.78 is 7.67. The molecule has 0 amide bonds. The van der Waals surface area contributed by atoms with Gasteiger partial charge in [-0.1, -0.05) is 115 Å². The fourth-order valence-corrected chi connectivity index (χ4v) is 10.2. The van der Waals surface area contributed by atoms with Crippen molar-refractivity contribution in [2.75, 3.05) is 0 Å². The van der Waals surface area contributed by atoms with E-state index in [0.717, 1.165) is 17.0 Å². The fourth-order valence-electron chi connectivity index (χ4n) is 7.92. The van der Waals surface area contributed by atoms with Gasteiger partial charge in [0.15, 0.2) is 0 Å². The van der Waals surface area contributed by atoms with Gasteiger partial charge in [0.2, 0.25) is 0 Å². The molecule has 4 nitrogen and oxygen atoms in total. The first-order valence-corrected chi connectivity index (χ1v) is 18.9. The van der Waals surface area contributed by atoms with Crippen molar-refractivity contribution in [1.29, 1.82) is 0 Å². The summed E-state index contributed by atoms with van der Waals surface area (Å²) in [5.74, 6) is 0.899. The average molecular weight is 691 g/mol. The second-order valence-electron chi connectivity index (χ2n) is 13.2. The Kier molecular flexibility index (Phi) is 6.46. The normalized spacial score (nSPS) is 16.4. The molecule has 1 aliphatic rings. The molecular weight excluding hydrogens is 661 g/mol. The van der Waals surface area contributed by atoms with Crippen molar-refractivity contribution >= 4 is 90.7 Å². The standard InChI is InChI=1S/C45H30N4S2/c1-3-12-27(13-4-1)43-46-44(28-14-5-2-6-15-28)48-45(47-43)29-22-23-32-33-25-41-34(26-40(33)51-39(32)24-29)42-37(20-11-21-38(42)50-41)49-35-18-9-7-16-30(35)31-17-8-10-19-36(31)49/h1-26,43,45,47H,(H,46,48).